The van der Waals surface area contributed by atoms with Crippen LogP contribution in [0.1, 0.15) is 12.6 Å². The van der Waals surface area contributed by atoms with Crippen LogP contribution in [0.4, 0.5) is 5.69 Å². The topological polar surface area (TPSA) is 90.0 Å². The van der Waals surface area contributed by atoms with Crippen LogP contribution < -0.4 is 10.5 Å². The molecule has 2 rings (SSSR count). The van der Waals surface area contributed by atoms with Gasteiger partial charge in [0, 0.05) is 18.4 Å². The summed E-state index contributed by atoms with van der Waals surface area (Å²) in [5.41, 5.74) is 1.74. The number of hydrogen-bond acceptors (Lipinski definition) is 4. The average Bonchev–Trinajstić information content (AvgIpc) is 2.83. The number of nitrogens with one attached hydrogen (secondary N) is 1. The first-order chi connectivity index (χ1) is 9.00. The fourth-order valence-corrected chi connectivity index (χ4v) is 2.32. The molecule has 19 heavy (non-hydrogen) atoms. The molecule has 0 atom stereocenters. The van der Waals surface area contributed by atoms with Crippen molar-refractivity contribution in [2.75, 3.05) is 5.32 Å². The molecule has 0 saturated carbocycles. The molecule has 0 aliphatic heterocycles. The largest absolute Gasteiger partial charge is 0.379 e. The number of aryl methyl sites for hydroxylation is 1. The zero-order valence-electron chi connectivity index (χ0n) is 10.6. The van der Waals surface area contributed by atoms with Gasteiger partial charge in [-0.3, -0.25) is 0 Å². The van der Waals surface area contributed by atoms with Gasteiger partial charge in [-0.05, 0) is 25.1 Å². The fourth-order valence-electron chi connectivity index (χ4n) is 1.76. The van der Waals surface area contributed by atoms with E-state index in [1.807, 2.05) is 11.5 Å². The summed E-state index contributed by atoms with van der Waals surface area (Å²) >= 11 is 0. The van der Waals surface area contributed by atoms with Crippen molar-refractivity contribution in [3.8, 4) is 0 Å². The molecule has 0 saturated heterocycles. The molecule has 102 valence electrons. The second-order valence-corrected chi connectivity index (χ2v) is 5.66. The number of nitrogens with zero attached hydrogens (tertiary/aromatic N) is 2. The number of imidazole rings is 1. The Bertz CT molecular complexity index is 664. The third kappa shape index (κ3) is 3.33. The van der Waals surface area contributed by atoms with Crippen molar-refractivity contribution in [1.82, 2.24) is 9.55 Å². The quantitative estimate of drug-likeness (QED) is 0.860. The number of aromatic nitrogens is 2. The molecular formula is C12H16N4O2S. The maximum atomic E-state index is 11.3. The van der Waals surface area contributed by atoms with Gasteiger partial charge in [0.05, 0.1) is 23.5 Å². The minimum atomic E-state index is -3.67. The van der Waals surface area contributed by atoms with Gasteiger partial charge in [-0.1, -0.05) is 6.07 Å². The summed E-state index contributed by atoms with van der Waals surface area (Å²) in [6, 6.07) is 6.43. The lowest BCUT2D eigenvalue weighted by Crippen LogP contribution is -2.12. The zero-order valence-corrected chi connectivity index (χ0v) is 11.4. The third-order valence-corrected chi connectivity index (χ3v) is 3.69. The van der Waals surface area contributed by atoms with Gasteiger partial charge in [-0.25, -0.2) is 18.5 Å². The third-order valence-electron chi connectivity index (χ3n) is 2.78. The highest BCUT2D eigenvalue weighted by Crippen LogP contribution is 2.15. The zero-order chi connectivity index (χ0) is 13.9. The van der Waals surface area contributed by atoms with E-state index >= 15 is 0 Å². The van der Waals surface area contributed by atoms with Crippen molar-refractivity contribution >= 4 is 15.7 Å². The molecule has 0 fully saturated rings. The second-order valence-electron chi connectivity index (χ2n) is 4.10. The van der Waals surface area contributed by atoms with Crippen molar-refractivity contribution in [3.05, 3.63) is 42.5 Å². The smallest absolute Gasteiger partial charge is 0.238 e. The number of primary sulfonamides is 1. The maximum Gasteiger partial charge on any atom is 0.238 e. The lowest BCUT2D eigenvalue weighted by molar-refractivity contribution is 0.598. The molecule has 1 aromatic heterocycles. The fraction of sp³-hybridized carbons (Fsp3) is 0.250. The monoisotopic (exact) mass is 280 g/mol. The van der Waals surface area contributed by atoms with Gasteiger partial charge in [0.15, 0.2) is 0 Å². The van der Waals surface area contributed by atoms with Gasteiger partial charge >= 0.3 is 0 Å². The molecule has 7 heteroatoms. The number of hydrogen-bond donors (Lipinski definition) is 2. The molecule has 0 bridgehead atoms. The molecule has 3 N–H and O–H groups in total. The lowest BCUT2D eigenvalue weighted by atomic mass is 10.3. The van der Waals surface area contributed by atoms with Crippen LogP contribution in [0.25, 0.3) is 0 Å². The molecule has 0 amide bonds. The Kier molecular flexibility index (Phi) is 3.87. The van der Waals surface area contributed by atoms with E-state index in [-0.39, 0.29) is 4.90 Å². The van der Waals surface area contributed by atoms with Crippen LogP contribution in [0.3, 0.4) is 0 Å². The van der Waals surface area contributed by atoms with Crippen LogP contribution >= 0.6 is 0 Å². The lowest BCUT2D eigenvalue weighted by Gasteiger charge is -2.09. The predicted molar refractivity (Wildman–Crippen MR) is 73.0 cm³/mol. The van der Waals surface area contributed by atoms with E-state index in [9.17, 15) is 8.42 Å². The molecule has 0 radical (unpaired) electrons. The van der Waals surface area contributed by atoms with Gasteiger partial charge < -0.3 is 9.88 Å². The van der Waals surface area contributed by atoms with Gasteiger partial charge in [-0.2, -0.15) is 0 Å². The van der Waals surface area contributed by atoms with Crippen molar-refractivity contribution in [2.45, 2.75) is 24.9 Å². The molecule has 0 aliphatic rings. The van der Waals surface area contributed by atoms with Gasteiger partial charge in [0.1, 0.15) is 0 Å². The maximum absolute atomic E-state index is 11.3. The van der Waals surface area contributed by atoms with E-state index in [4.69, 9.17) is 5.14 Å². The highest BCUT2D eigenvalue weighted by molar-refractivity contribution is 7.89. The van der Waals surface area contributed by atoms with Crippen molar-refractivity contribution in [1.29, 1.82) is 0 Å². The van der Waals surface area contributed by atoms with Crippen molar-refractivity contribution < 1.29 is 8.42 Å². The normalized spacial score (nSPS) is 11.5. The van der Waals surface area contributed by atoms with E-state index in [2.05, 4.69) is 10.3 Å². The van der Waals surface area contributed by atoms with Crippen LogP contribution in [-0.2, 0) is 23.1 Å². The SMILES string of the molecule is CCn1cncc1CNc1cccc(S(N)(=O)=O)c1. The molecule has 1 heterocycles. The Morgan fingerprint density at radius 3 is 2.89 bits per heavy atom. The number of nitrogens with two attached hydrogens (primary N) is 1. The van der Waals surface area contributed by atoms with Crippen LogP contribution in [0.5, 0.6) is 0 Å². The average molecular weight is 280 g/mol. The highest BCUT2D eigenvalue weighted by Gasteiger charge is 2.08. The molecule has 0 aliphatic carbocycles. The Hall–Kier alpha value is -1.86. The Balaban J connectivity index is 2.12. The minimum Gasteiger partial charge on any atom is -0.379 e. The Labute approximate surface area is 112 Å². The summed E-state index contributed by atoms with van der Waals surface area (Å²) in [5.74, 6) is 0. The van der Waals surface area contributed by atoms with Crippen molar-refractivity contribution in [3.63, 3.8) is 0 Å². The van der Waals surface area contributed by atoms with Gasteiger partial charge in [0.2, 0.25) is 10.0 Å². The Morgan fingerprint density at radius 1 is 1.42 bits per heavy atom. The standard InChI is InChI=1S/C12H16N4O2S/c1-2-16-9-14-7-11(16)8-15-10-4-3-5-12(6-10)19(13,17)18/h3-7,9,15H,2,8H2,1H3,(H2,13,17,18). The van der Waals surface area contributed by atoms with E-state index in [1.54, 1.807) is 24.7 Å². The highest BCUT2D eigenvalue weighted by atomic mass is 32.2. The van der Waals surface area contributed by atoms with Crippen molar-refractivity contribution in [2.24, 2.45) is 5.14 Å². The van der Waals surface area contributed by atoms with Crippen LogP contribution in [-0.4, -0.2) is 18.0 Å². The summed E-state index contributed by atoms with van der Waals surface area (Å²) in [7, 11) is -3.67. The first kappa shape index (κ1) is 13.6. The minimum absolute atomic E-state index is 0.0986. The number of anilines is 1. The molecule has 0 unspecified atom stereocenters. The molecule has 2 aromatic rings. The Morgan fingerprint density at radius 2 is 2.21 bits per heavy atom. The summed E-state index contributed by atoms with van der Waals surface area (Å²) in [6.07, 6.45) is 3.54. The summed E-state index contributed by atoms with van der Waals surface area (Å²) in [4.78, 5) is 4.17. The van der Waals surface area contributed by atoms with E-state index in [0.29, 0.717) is 12.2 Å². The molecular weight excluding hydrogens is 264 g/mol. The predicted octanol–water partition coefficient (Wildman–Crippen LogP) is 1.16. The van der Waals surface area contributed by atoms with E-state index in [1.165, 1.54) is 12.1 Å². The van der Waals surface area contributed by atoms with E-state index in [0.717, 1.165) is 12.2 Å². The summed E-state index contributed by atoms with van der Waals surface area (Å²) in [6.45, 7) is 3.45. The molecule has 0 spiro atoms. The van der Waals surface area contributed by atoms with Gasteiger partial charge in [0.25, 0.3) is 0 Å². The van der Waals surface area contributed by atoms with Crippen LogP contribution in [0.2, 0.25) is 0 Å². The number of sulfonamides is 1. The number of benzene rings is 1. The molecule has 6 nitrogen and oxygen atoms in total. The van der Waals surface area contributed by atoms with E-state index < -0.39 is 10.0 Å². The first-order valence-corrected chi connectivity index (χ1v) is 7.41. The first-order valence-electron chi connectivity index (χ1n) is 5.86. The summed E-state index contributed by atoms with van der Waals surface area (Å²) < 4.78 is 24.5. The molecule has 1 aromatic carbocycles. The van der Waals surface area contributed by atoms with Gasteiger partial charge in [-0.15, -0.1) is 0 Å². The second kappa shape index (κ2) is 5.41. The van der Waals surface area contributed by atoms with Crippen LogP contribution in [0.15, 0.2) is 41.7 Å². The number of rotatable bonds is 5. The van der Waals surface area contributed by atoms with Crippen LogP contribution in [0, 0.1) is 0 Å². The summed E-state index contributed by atoms with van der Waals surface area (Å²) in [5, 5.41) is 8.25.